The zero-order valence-electron chi connectivity index (χ0n) is 21.0. The molecular formula is C26H31ClFN3O5S2. The van der Waals surface area contributed by atoms with E-state index in [1.165, 1.54) is 11.3 Å². The van der Waals surface area contributed by atoms with Gasteiger partial charge < -0.3 is 15.7 Å². The van der Waals surface area contributed by atoms with Gasteiger partial charge in [0, 0.05) is 17.3 Å². The van der Waals surface area contributed by atoms with E-state index in [2.05, 4.69) is 15.4 Å². The molecule has 0 radical (unpaired) electrons. The van der Waals surface area contributed by atoms with Crippen LogP contribution in [0, 0.1) is 11.7 Å². The molecule has 2 atom stereocenters. The van der Waals surface area contributed by atoms with Crippen molar-refractivity contribution in [1.29, 1.82) is 0 Å². The minimum atomic E-state index is -4.09. The number of hydrogen-bond donors (Lipinski definition) is 4. The van der Waals surface area contributed by atoms with Gasteiger partial charge in [-0.2, -0.15) is 0 Å². The summed E-state index contributed by atoms with van der Waals surface area (Å²) in [7, 11) is -4.09. The van der Waals surface area contributed by atoms with Crippen molar-refractivity contribution >= 4 is 54.9 Å². The monoisotopic (exact) mass is 583 g/mol. The lowest BCUT2D eigenvalue weighted by Crippen LogP contribution is -2.47. The van der Waals surface area contributed by atoms with E-state index in [4.69, 9.17) is 11.6 Å². The van der Waals surface area contributed by atoms with Gasteiger partial charge in [0.15, 0.2) is 0 Å². The van der Waals surface area contributed by atoms with Gasteiger partial charge in [-0.25, -0.2) is 17.5 Å². The number of aliphatic hydroxyl groups excluding tert-OH is 1. The molecule has 3 rings (SSSR count). The Morgan fingerprint density at radius 1 is 1.13 bits per heavy atom. The molecule has 0 bridgehead atoms. The van der Waals surface area contributed by atoms with Crippen LogP contribution in [0.15, 0.2) is 53.4 Å². The van der Waals surface area contributed by atoms with Crippen LogP contribution in [0.2, 0.25) is 5.02 Å². The van der Waals surface area contributed by atoms with Crippen molar-refractivity contribution < 1.29 is 27.5 Å². The highest BCUT2D eigenvalue weighted by atomic mass is 35.5. The third-order valence-electron chi connectivity index (χ3n) is 5.73. The fourth-order valence-corrected chi connectivity index (χ4v) is 6.63. The molecule has 38 heavy (non-hydrogen) atoms. The number of thiophene rings is 1. The number of rotatable bonds is 13. The minimum absolute atomic E-state index is 0.153. The quantitative estimate of drug-likeness (QED) is 0.226. The summed E-state index contributed by atoms with van der Waals surface area (Å²) in [5.74, 6) is -1.17. The summed E-state index contributed by atoms with van der Waals surface area (Å²) in [6.07, 6.45) is 1.02. The van der Waals surface area contributed by atoms with E-state index in [9.17, 15) is 27.5 Å². The van der Waals surface area contributed by atoms with Crippen LogP contribution in [0.4, 0.5) is 4.39 Å². The summed E-state index contributed by atoms with van der Waals surface area (Å²) in [5, 5.41) is 16.0. The number of carbonyl (C=O) groups is 2. The molecule has 0 spiro atoms. The molecule has 8 nitrogen and oxygen atoms in total. The Morgan fingerprint density at radius 2 is 1.87 bits per heavy atom. The second kappa shape index (κ2) is 13.5. The van der Waals surface area contributed by atoms with Gasteiger partial charge in [0.1, 0.15) is 16.8 Å². The zero-order chi connectivity index (χ0) is 27.9. The number of benzene rings is 2. The van der Waals surface area contributed by atoms with Gasteiger partial charge in [0.2, 0.25) is 15.9 Å². The highest BCUT2D eigenvalue weighted by Crippen LogP contribution is 2.25. The second-order valence-electron chi connectivity index (χ2n) is 9.31. The lowest BCUT2D eigenvalue weighted by atomic mass is 10.0. The number of fused-ring (bicyclic) bond motifs is 1. The third-order valence-corrected chi connectivity index (χ3v) is 8.85. The number of halogens is 2. The fourth-order valence-electron chi connectivity index (χ4n) is 3.87. The zero-order valence-corrected chi connectivity index (χ0v) is 23.4. The number of sulfonamides is 1. The second-order valence-corrected chi connectivity index (χ2v) is 12.5. The summed E-state index contributed by atoms with van der Waals surface area (Å²) in [6.45, 7) is 3.64. The third kappa shape index (κ3) is 8.21. The Labute approximate surface area is 230 Å². The molecule has 3 aromatic rings. The van der Waals surface area contributed by atoms with Crippen molar-refractivity contribution in [1.82, 2.24) is 15.4 Å². The lowest BCUT2D eigenvalue weighted by Gasteiger charge is -2.21. The van der Waals surface area contributed by atoms with E-state index >= 15 is 0 Å². The van der Waals surface area contributed by atoms with E-state index in [0.717, 1.165) is 28.3 Å². The van der Waals surface area contributed by atoms with Crippen LogP contribution in [0.25, 0.3) is 10.1 Å². The molecule has 1 heterocycles. The number of nitrogens with one attached hydrogen (secondary N) is 3. The van der Waals surface area contributed by atoms with Crippen molar-refractivity contribution in [2.75, 3.05) is 13.2 Å². The van der Waals surface area contributed by atoms with Gasteiger partial charge in [0.05, 0.1) is 16.5 Å². The van der Waals surface area contributed by atoms with E-state index in [1.54, 1.807) is 6.07 Å². The van der Waals surface area contributed by atoms with E-state index in [0.29, 0.717) is 17.7 Å². The Balaban J connectivity index is 1.53. The average molecular weight is 584 g/mol. The van der Waals surface area contributed by atoms with E-state index < -0.39 is 34.5 Å². The van der Waals surface area contributed by atoms with Crippen molar-refractivity contribution in [3.8, 4) is 0 Å². The molecule has 12 heteroatoms. The van der Waals surface area contributed by atoms with Crippen LogP contribution in [0.5, 0.6) is 0 Å². The smallest absolute Gasteiger partial charge is 0.262 e. The molecule has 2 aromatic carbocycles. The largest absolute Gasteiger partial charge is 0.395 e. The fraction of sp³-hybridized carbons (Fsp3) is 0.385. The number of carbonyl (C=O) groups excluding carboxylic acids is 2. The highest BCUT2D eigenvalue weighted by Gasteiger charge is 2.25. The van der Waals surface area contributed by atoms with Crippen LogP contribution in [-0.2, 0) is 14.8 Å². The van der Waals surface area contributed by atoms with Gasteiger partial charge in [-0.1, -0.05) is 43.6 Å². The summed E-state index contributed by atoms with van der Waals surface area (Å²) in [6, 6.07) is 10.8. The molecule has 0 aliphatic carbocycles. The van der Waals surface area contributed by atoms with Crippen LogP contribution < -0.4 is 15.4 Å². The van der Waals surface area contributed by atoms with Gasteiger partial charge in [-0.15, -0.1) is 11.3 Å². The normalized spacial score (nSPS) is 13.4. The number of hydrogen-bond acceptors (Lipinski definition) is 6. The standard InChI is InChI=1S/C26H31ClFN3O5S2/c1-16(2)12-21(30-26(34)23-13-17-6-3-4-8-22(17)37-23)25(33)29-11-5-7-19(15-32)31-38(35,36)24-10-9-18(28)14-20(24)27/h3-4,6,8-10,13-14,16,19,21,31-32H,5,7,11-12,15H2,1-2H3,(H,29,33)(H,30,34)/t19-,21+/m1/s1. The summed E-state index contributed by atoms with van der Waals surface area (Å²) < 4.78 is 41.8. The molecule has 0 aliphatic heterocycles. The van der Waals surface area contributed by atoms with Gasteiger partial charge in [-0.05, 0) is 60.9 Å². The molecule has 0 saturated heterocycles. The summed E-state index contributed by atoms with van der Waals surface area (Å²) >= 11 is 7.22. The van der Waals surface area contributed by atoms with Crippen LogP contribution in [0.1, 0.15) is 42.8 Å². The minimum Gasteiger partial charge on any atom is -0.395 e. The van der Waals surface area contributed by atoms with Crippen molar-refractivity contribution in [3.05, 3.63) is 64.2 Å². The molecule has 206 valence electrons. The van der Waals surface area contributed by atoms with Crippen LogP contribution in [0.3, 0.4) is 0 Å². The predicted molar refractivity (Wildman–Crippen MR) is 147 cm³/mol. The van der Waals surface area contributed by atoms with Crippen LogP contribution >= 0.6 is 22.9 Å². The number of amides is 2. The Morgan fingerprint density at radius 3 is 2.53 bits per heavy atom. The predicted octanol–water partition coefficient (Wildman–Crippen LogP) is 4.07. The first-order valence-electron chi connectivity index (χ1n) is 12.2. The molecule has 0 fully saturated rings. The van der Waals surface area contributed by atoms with Crippen molar-refractivity contribution in [2.45, 2.75) is 50.1 Å². The van der Waals surface area contributed by atoms with E-state index in [-0.39, 0.29) is 40.6 Å². The van der Waals surface area contributed by atoms with Gasteiger partial charge in [-0.3, -0.25) is 9.59 Å². The first-order valence-corrected chi connectivity index (χ1v) is 14.8. The average Bonchev–Trinajstić information content (AvgIpc) is 3.29. The molecule has 2 amide bonds. The molecular weight excluding hydrogens is 553 g/mol. The molecule has 0 unspecified atom stereocenters. The topological polar surface area (TPSA) is 125 Å². The lowest BCUT2D eigenvalue weighted by molar-refractivity contribution is -0.123. The highest BCUT2D eigenvalue weighted by molar-refractivity contribution is 7.89. The SMILES string of the molecule is CC(C)C[C@H](NC(=O)c1cc2ccccc2s1)C(=O)NCCC[C@H](CO)NS(=O)(=O)c1ccc(F)cc1Cl. The molecule has 0 aliphatic rings. The first-order chi connectivity index (χ1) is 18.0. The Hall–Kier alpha value is -2.57. The number of aliphatic hydroxyl groups is 1. The van der Waals surface area contributed by atoms with Gasteiger partial charge >= 0.3 is 0 Å². The molecule has 4 N–H and O–H groups in total. The summed E-state index contributed by atoms with van der Waals surface area (Å²) in [5.41, 5.74) is 0. The maximum Gasteiger partial charge on any atom is 0.262 e. The van der Waals surface area contributed by atoms with Crippen molar-refractivity contribution in [3.63, 3.8) is 0 Å². The van der Waals surface area contributed by atoms with Crippen molar-refractivity contribution in [2.24, 2.45) is 5.92 Å². The Kier molecular flexibility index (Phi) is 10.6. The van der Waals surface area contributed by atoms with E-state index in [1.807, 2.05) is 38.1 Å². The van der Waals surface area contributed by atoms with Gasteiger partial charge in [0.25, 0.3) is 5.91 Å². The maximum absolute atomic E-state index is 13.3. The molecule has 1 aromatic heterocycles. The van der Waals surface area contributed by atoms with Crippen LogP contribution in [-0.4, -0.2) is 50.6 Å². The summed E-state index contributed by atoms with van der Waals surface area (Å²) in [4.78, 5) is 26.0. The Bertz CT molecular complexity index is 1350. The first kappa shape index (κ1) is 30.0. The molecule has 0 saturated carbocycles. The maximum atomic E-state index is 13.3.